The summed E-state index contributed by atoms with van der Waals surface area (Å²) in [4.78, 5) is 11.7. The molecule has 0 atom stereocenters. The molecular formula is C18H16O5S. The lowest BCUT2D eigenvalue weighted by Gasteiger charge is -2.10. The van der Waals surface area contributed by atoms with Crippen LogP contribution in [0.5, 0.6) is 5.75 Å². The van der Waals surface area contributed by atoms with E-state index in [-0.39, 0.29) is 16.6 Å². The molecule has 0 N–H and O–H groups in total. The average Bonchev–Trinajstić information content (AvgIpc) is 2.94. The Morgan fingerprint density at radius 3 is 2.46 bits per heavy atom. The molecule has 0 unspecified atom stereocenters. The van der Waals surface area contributed by atoms with Gasteiger partial charge in [-0.1, -0.05) is 35.9 Å². The third kappa shape index (κ3) is 3.49. The first kappa shape index (κ1) is 16.3. The van der Waals surface area contributed by atoms with Crippen molar-refractivity contribution in [1.29, 1.82) is 0 Å². The third-order valence-electron chi connectivity index (χ3n) is 3.62. The van der Waals surface area contributed by atoms with E-state index in [1.807, 2.05) is 6.92 Å². The maximum Gasteiger partial charge on any atom is 0.339 e. The number of hydrogen-bond acceptors (Lipinski definition) is 5. The number of hydrogen-bond donors (Lipinski definition) is 0. The second-order valence-electron chi connectivity index (χ2n) is 5.44. The lowest BCUT2D eigenvalue weighted by molar-refractivity contribution is -0.134. The standard InChI is InChI=1S/C18H16O5S/c1-13-6-8-16(9-7-13)24(20,21)23-17-5-3-2-4-14(17)12-15-10-11-22-18(15)19/h2-9,12H,10-11H2,1H3/b15-12+. The zero-order valence-corrected chi connectivity index (χ0v) is 13.9. The van der Waals surface area contributed by atoms with Crippen molar-refractivity contribution >= 4 is 22.2 Å². The smallest absolute Gasteiger partial charge is 0.339 e. The Hall–Kier alpha value is -2.60. The molecule has 2 aromatic rings. The van der Waals surface area contributed by atoms with Crippen molar-refractivity contribution < 1.29 is 22.1 Å². The van der Waals surface area contributed by atoms with E-state index in [1.165, 1.54) is 12.1 Å². The van der Waals surface area contributed by atoms with Crippen LogP contribution in [0.4, 0.5) is 0 Å². The summed E-state index contributed by atoms with van der Waals surface area (Å²) in [5.74, 6) is -0.212. The minimum atomic E-state index is -3.95. The van der Waals surface area contributed by atoms with Crippen LogP contribution in [0.1, 0.15) is 17.5 Å². The van der Waals surface area contributed by atoms with Crippen LogP contribution in [0.3, 0.4) is 0 Å². The second kappa shape index (κ2) is 6.49. The maximum atomic E-state index is 12.4. The minimum absolute atomic E-state index is 0.0795. The van der Waals surface area contributed by atoms with Crippen LogP contribution >= 0.6 is 0 Å². The molecule has 1 saturated heterocycles. The average molecular weight is 344 g/mol. The zero-order valence-electron chi connectivity index (χ0n) is 13.1. The quantitative estimate of drug-likeness (QED) is 0.484. The normalized spacial score (nSPS) is 16.2. The van der Waals surface area contributed by atoms with Gasteiger partial charge in [-0.2, -0.15) is 8.42 Å². The molecule has 1 aliphatic rings. The summed E-state index contributed by atoms with van der Waals surface area (Å²) in [6, 6.07) is 13.1. The summed E-state index contributed by atoms with van der Waals surface area (Å²) >= 11 is 0. The first-order valence-electron chi connectivity index (χ1n) is 7.43. The fraction of sp³-hybridized carbons (Fsp3) is 0.167. The number of carbonyl (C=O) groups excluding carboxylic acids is 1. The highest BCUT2D eigenvalue weighted by Crippen LogP contribution is 2.27. The number of ether oxygens (including phenoxy) is 1. The van der Waals surface area contributed by atoms with E-state index in [2.05, 4.69) is 0 Å². The third-order valence-corrected chi connectivity index (χ3v) is 4.87. The number of para-hydroxylation sites is 1. The van der Waals surface area contributed by atoms with E-state index >= 15 is 0 Å². The Labute approximate surface area is 140 Å². The van der Waals surface area contributed by atoms with Crippen molar-refractivity contribution in [3.05, 3.63) is 65.2 Å². The van der Waals surface area contributed by atoms with Gasteiger partial charge in [0, 0.05) is 17.6 Å². The van der Waals surface area contributed by atoms with E-state index in [0.717, 1.165) is 5.56 Å². The minimum Gasteiger partial charge on any atom is -0.462 e. The predicted molar refractivity (Wildman–Crippen MR) is 89.0 cm³/mol. The summed E-state index contributed by atoms with van der Waals surface area (Å²) in [5.41, 5.74) is 1.97. The lowest BCUT2D eigenvalue weighted by atomic mass is 10.1. The Kier molecular flexibility index (Phi) is 4.40. The van der Waals surface area contributed by atoms with Gasteiger partial charge in [0.25, 0.3) is 0 Å². The summed E-state index contributed by atoms with van der Waals surface area (Å²) in [6.45, 7) is 2.22. The van der Waals surface area contributed by atoms with E-state index in [0.29, 0.717) is 24.2 Å². The molecule has 24 heavy (non-hydrogen) atoms. The van der Waals surface area contributed by atoms with Gasteiger partial charge >= 0.3 is 16.1 Å². The molecule has 0 spiro atoms. The number of aryl methyl sites for hydroxylation is 1. The van der Waals surface area contributed by atoms with Crippen LogP contribution in [0.25, 0.3) is 6.08 Å². The van der Waals surface area contributed by atoms with Gasteiger partial charge < -0.3 is 8.92 Å². The van der Waals surface area contributed by atoms with Crippen LogP contribution in [-0.2, 0) is 19.6 Å². The van der Waals surface area contributed by atoms with Crippen molar-refractivity contribution in [2.24, 2.45) is 0 Å². The molecule has 0 amide bonds. The van der Waals surface area contributed by atoms with Crippen LogP contribution in [0.2, 0.25) is 0 Å². The van der Waals surface area contributed by atoms with Crippen molar-refractivity contribution in [3.8, 4) is 5.75 Å². The molecule has 1 aliphatic heterocycles. The summed E-state index contributed by atoms with van der Waals surface area (Å²) in [5, 5.41) is 0. The first-order chi connectivity index (χ1) is 11.5. The highest BCUT2D eigenvalue weighted by Gasteiger charge is 2.21. The van der Waals surface area contributed by atoms with Crippen molar-refractivity contribution in [1.82, 2.24) is 0 Å². The predicted octanol–water partition coefficient (Wildman–Crippen LogP) is 3.09. The highest BCUT2D eigenvalue weighted by molar-refractivity contribution is 7.87. The molecule has 2 aromatic carbocycles. The molecule has 0 radical (unpaired) electrons. The number of esters is 1. The molecule has 0 aliphatic carbocycles. The number of cyclic esters (lactones) is 1. The summed E-state index contributed by atoms with van der Waals surface area (Å²) < 4.78 is 35.0. The van der Waals surface area contributed by atoms with Crippen molar-refractivity contribution in [2.45, 2.75) is 18.2 Å². The molecular weight excluding hydrogens is 328 g/mol. The molecule has 6 heteroatoms. The Morgan fingerprint density at radius 1 is 1.08 bits per heavy atom. The van der Waals surface area contributed by atoms with Gasteiger partial charge in [0.15, 0.2) is 0 Å². The van der Waals surface area contributed by atoms with E-state index in [4.69, 9.17) is 8.92 Å². The lowest BCUT2D eigenvalue weighted by Crippen LogP contribution is -2.10. The van der Waals surface area contributed by atoms with Crippen LogP contribution in [0.15, 0.2) is 59.0 Å². The van der Waals surface area contributed by atoms with Gasteiger partial charge in [0.2, 0.25) is 0 Å². The summed E-state index contributed by atoms with van der Waals surface area (Å²) in [6.07, 6.45) is 2.10. The van der Waals surface area contributed by atoms with E-state index in [1.54, 1.807) is 42.5 Å². The molecule has 0 bridgehead atoms. The van der Waals surface area contributed by atoms with Crippen LogP contribution < -0.4 is 4.18 Å². The SMILES string of the molecule is Cc1ccc(S(=O)(=O)Oc2ccccc2/C=C2\CCOC2=O)cc1. The molecule has 1 heterocycles. The zero-order chi connectivity index (χ0) is 17.2. The monoisotopic (exact) mass is 344 g/mol. The molecule has 0 aromatic heterocycles. The van der Waals surface area contributed by atoms with Gasteiger partial charge in [-0.15, -0.1) is 0 Å². The van der Waals surface area contributed by atoms with Crippen LogP contribution in [-0.4, -0.2) is 21.0 Å². The summed E-state index contributed by atoms with van der Waals surface area (Å²) in [7, 11) is -3.95. The fourth-order valence-corrected chi connectivity index (χ4v) is 3.27. The van der Waals surface area contributed by atoms with E-state index < -0.39 is 10.1 Å². The van der Waals surface area contributed by atoms with Gasteiger partial charge in [-0.05, 0) is 31.2 Å². The molecule has 3 rings (SSSR count). The molecule has 5 nitrogen and oxygen atoms in total. The molecule has 124 valence electrons. The number of carbonyl (C=O) groups is 1. The first-order valence-corrected chi connectivity index (χ1v) is 8.84. The van der Waals surface area contributed by atoms with Gasteiger partial charge in [-0.3, -0.25) is 0 Å². The maximum absolute atomic E-state index is 12.4. The van der Waals surface area contributed by atoms with Crippen LogP contribution in [0, 0.1) is 6.92 Å². The molecule has 1 fully saturated rings. The molecule has 0 saturated carbocycles. The van der Waals surface area contributed by atoms with Gasteiger partial charge in [0.05, 0.1) is 6.61 Å². The Balaban J connectivity index is 1.93. The Bertz CT molecular complexity index is 895. The van der Waals surface area contributed by atoms with Gasteiger partial charge in [-0.25, -0.2) is 4.79 Å². The number of benzene rings is 2. The number of rotatable bonds is 4. The van der Waals surface area contributed by atoms with Crippen molar-refractivity contribution in [2.75, 3.05) is 6.61 Å². The van der Waals surface area contributed by atoms with E-state index in [9.17, 15) is 13.2 Å². The second-order valence-corrected chi connectivity index (χ2v) is 6.99. The largest absolute Gasteiger partial charge is 0.462 e. The van der Waals surface area contributed by atoms with Gasteiger partial charge in [0.1, 0.15) is 10.6 Å². The van der Waals surface area contributed by atoms with Crippen molar-refractivity contribution in [3.63, 3.8) is 0 Å². The fourth-order valence-electron chi connectivity index (χ4n) is 2.31. The highest BCUT2D eigenvalue weighted by atomic mass is 32.2. The Morgan fingerprint density at radius 2 is 1.79 bits per heavy atom. The topological polar surface area (TPSA) is 69.7 Å².